The molecule has 0 bridgehead atoms. The van der Waals surface area contributed by atoms with Crippen LogP contribution >= 0.6 is 0 Å². The van der Waals surface area contributed by atoms with Crippen LogP contribution in [0.25, 0.3) is 11.3 Å². The highest BCUT2D eigenvalue weighted by atomic mass is 19.2. The molecule has 25 heavy (non-hydrogen) atoms. The van der Waals surface area contributed by atoms with Gasteiger partial charge in [0.2, 0.25) is 0 Å². The number of benzene rings is 1. The second kappa shape index (κ2) is 7.15. The highest BCUT2D eigenvalue weighted by Gasteiger charge is 2.22. The van der Waals surface area contributed by atoms with Crippen LogP contribution in [0, 0.1) is 24.4 Å². The van der Waals surface area contributed by atoms with Crippen molar-refractivity contribution < 1.29 is 17.6 Å². The summed E-state index contributed by atoms with van der Waals surface area (Å²) in [5, 5.41) is 7.78. The molecule has 0 amide bonds. The first-order chi connectivity index (χ1) is 11.9. The molecular weight excluding hydrogens is 334 g/mol. The van der Waals surface area contributed by atoms with Crippen LogP contribution in [-0.2, 0) is 13.6 Å². The van der Waals surface area contributed by atoms with Crippen LogP contribution in [0.3, 0.4) is 0 Å². The van der Waals surface area contributed by atoms with Crippen LogP contribution in [-0.4, -0.2) is 22.0 Å². The van der Waals surface area contributed by atoms with Gasteiger partial charge in [0.15, 0.2) is 17.5 Å². The summed E-state index contributed by atoms with van der Waals surface area (Å²) in [5.41, 5.74) is 2.32. The first-order valence-electron chi connectivity index (χ1n) is 8.41. The number of aryl methyl sites for hydroxylation is 1. The lowest BCUT2D eigenvalue weighted by Crippen LogP contribution is -2.33. The fraction of sp³-hybridized carbons (Fsp3) is 0.500. The van der Waals surface area contributed by atoms with Gasteiger partial charge >= 0.3 is 0 Å². The maximum atomic E-state index is 13.5. The van der Waals surface area contributed by atoms with Crippen molar-refractivity contribution in [3.63, 3.8) is 0 Å². The van der Waals surface area contributed by atoms with E-state index in [2.05, 4.69) is 10.4 Å². The predicted octanol–water partition coefficient (Wildman–Crippen LogP) is 4.18. The predicted molar refractivity (Wildman–Crippen MR) is 87.2 cm³/mol. The summed E-state index contributed by atoms with van der Waals surface area (Å²) in [7, 11) is 1.68. The zero-order valence-corrected chi connectivity index (χ0v) is 14.3. The number of aromatic nitrogens is 2. The van der Waals surface area contributed by atoms with E-state index in [0.29, 0.717) is 25.1 Å². The molecule has 1 fully saturated rings. The zero-order valence-electron chi connectivity index (χ0n) is 14.3. The van der Waals surface area contributed by atoms with Gasteiger partial charge in [-0.3, -0.25) is 4.68 Å². The molecule has 1 N–H and O–H groups in total. The number of nitrogens with zero attached hydrogens (tertiary/aromatic N) is 2. The van der Waals surface area contributed by atoms with Crippen molar-refractivity contribution in [3.05, 3.63) is 40.8 Å². The van der Waals surface area contributed by atoms with E-state index < -0.39 is 23.6 Å². The third-order valence-electron chi connectivity index (χ3n) is 4.85. The van der Waals surface area contributed by atoms with Crippen molar-refractivity contribution in [2.24, 2.45) is 7.05 Å². The fourth-order valence-corrected chi connectivity index (χ4v) is 3.45. The number of alkyl halides is 1. The van der Waals surface area contributed by atoms with Crippen LogP contribution in [0.15, 0.2) is 12.1 Å². The van der Waals surface area contributed by atoms with E-state index >= 15 is 0 Å². The molecule has 1 aliphatic carbocycles. The molecule has 2 aromatic rings. The number of hydrogen-bond acceptors (Lipinski definition) is 2. The van der Waals surface area contributed by atoms with Crippen molar-refractivity contribution in [2.75, 3.05) is 0 Å². The normalized spacial score (nSPS) is 20.9. The monoisotopic (exact) mass is 355 g/mol. The van der Waals surface area contributed by atoms with Gasteiger partial charge in [-0.15, -0.1) is 0 Å². The third-order valence-corrected chi connectivity index (χ3v) is 4.85. The molecule has 3 rings (SSSR count). The topological polar surface area (TPSA) is 29.9 Å². The molecule has 1 aliphatic rings. The summed E-state index contributed by atoms with van der Waals surface area (Å²) < 4.78 is 55.0. The Morgan fingerprint density at radius 1 is 1.12 bits per heavy atom. The molecule has 0 atom stereocenters. The minimum absolute atomic E-state index is 0.244. The van der Waals surface area contributed by atoms with E-state index in [-0.39, 0.29) is 11.6 Å². The van der Waals surface area contributed by atoms with E-state index in [0.717, 1.165) is 36.2 Å². The molecule has 0 unspecified atom stereocenters. The largest absolute Gasteiger partial charge is 0.308 e. The number of rotatable bonds is 4. The highest BCUT2D eigenvalue weighted by Crippen LogP contribution is 2.28. The second-order valence-corrected chi connectivity index (χ2v) is 6.63. The van der Waals surface area contributed by atoms with Crippen molar-refractivity contribution in [2.45, 2.75) is 51.4 Å². The van der Waals surface area contributed by atoms with Gasteiger partial charge in [-0.1, -0.05) is 0 Å². The standard InChI is InChI=1S/C18H21F4N3/c1-10-16(9-23-13-5-3-12(19)4-6-13)24-25(2)18(10)11-7-14(20)17(22)15(21)8-11/h7-8,12-13,23H,3-6,9H2,1-2H3/t12-,13+. The van der Waals surface area contributed by atoms with Gasteiger partial charge in [0.25, 0.3) is 0 Å². The summed E-state index contributed by atoms with van der Waals surface area (Å²) in [6.07, 6.45) is 2.00. The first-order valence-corrected chi connectivity index (χ1v) is 8.41. The summed E-state index contributed by atoms with van der Waals surface area (Å²) in [6.45, 7) is 2.31. The highest BCUT2D eigenvalue weighted by molar-refractivity contribution is 5.64. The van der Waals surface area contributed by atoms with E-state index in [4.69, 9.17) is 0 Å². The van der Waals surface area contributed by atoms with Crippen LogP contribution in [0.5, 0.6) is 0 Å². The number of halogens is 4. The summed E-state index contributed by atoms with van der Waals surface area (Å²) in [4.78, 5) is 0. The Morgan fingerprint density at radius 2 is 1.72 bits per heavy atom. The SMILES string of the molecule is Cc1c(CN[C@H]2CC[C@@H](F)CC2)nn(C)c1-c1cc(F)c(F)c(F)c1. The zero-order chi connectivity index (χ0) is 18.1. The minimum atomic E-state index is -1.48. The molecular formula is C18H21F4N3. The molecule has 0 spiro atoms. The molecule has 1 heterocycles. The van der Waals surface area contributed by atoms with Crippen molar-refractivity contribution in [3.8, 4) is 11.3 Å². The average molecular weight is 355 g/mol. The van der Waals surface area contributed by atoms with Crippen LogP contribution < -0.4 is 5.32 Å². The molecule has 0 aliphatic heterocycles. The summed E-state index contributed by atoms with van der Waals surface area (Å²) in [6, 6.07) is 2.20. The Bertz CT molecular complexity index is 741. The van der Waals surface area contributed by atoms with Gasteiger partial charge < -0.3 is 5.32 Å². The van der Waals surface area contributed by atoms with Crippen LogP contribution in [0.1, 0.15) is 36.9 Å². The molecule has 1 aromatic heterocycles. The third kappa shape index (κ3) is 3.71. The fourth-order valence-electron chi connectivity index (χ4n) is 3.45. The molecule has 1 saturated carbocycles. The minimum Gasteiger partial charge on any atom is -0.308 e. The number of nitrogens with one attached hydrogen (secondary N) is 1. The van der Waals surface area contributed by atoms with Crippen molar-refractivity contribution >= 4 is 0 Å². The van der Waals surface area contributed by atoms with Crippen molar-refractivity contribution in [1.29, 1.82) is 0 Å². The summed E-state index contributed by atoms with van der Waals surface area (Å²) in [5.74, 6) is -3.93. The Kier molecular flexibility index (Phi) is 5.13. The van der Waals surface area contributed by atoms with Gasteiger partial charge in [-0.2, -0.15) is 5.10 Å². The van der Waals surface area contributed by atoms with Gasteiger partial charge in [-0.25, -0.2) is 17.6 Å². The molecule has 0 radical (unpaired) electrons. The molecule has 0 saturated heterocycles. The maximum absolute atomic E-state index is 13.5. The van der Waals surface area contributed by atoms with E-state index in [1.165, 1.54) is 4.68 Å². The molecule has 7 heteroatoms. The van der Waals surface area contributed by atoms with Crippen LogP contribution in [0.4, 0.5) is 17.6 Å². The van der Waals surface area contributed by atoms with Gasteiger partial charge in [0, 0.05) is 25.2 Å². The smallest absolute Gasteiger partial charge is 0.194 e. The van der Waals surface area contributed by atoms with E-state index in [1.54, 1.807) is 7.05 Å². The average Bonchev–Trinajstić information content (AvgIpc) is 2.85. The lowest BCUT2D eigenvalue weighted by Gasteiger charge is -2.24. The van der Waals surface area contributed by atoms with E-state index in [9.17, 15) is 17.6 Å². The molecule has 3 nitrogen and oxygen atoms in total. The Balaban J connectivity index is 1.79. The summed E-state index contributed by atoms with van der Waals surface area (Å²) >= 11 is 0. The van der Waals surface area contributed by atoms with E-state index in [1.807, 2.05) is 6.92 Å². The number of hydrogen-bond donors (Lipinski definition) is 1. The molecule has 1 aromatic carbocycles. The Labute approximate surface area is 144 Å². The molecule has 136 valence electrons. The first kappa shape index (κ1) is 17.9. The van der Waals surface area contributed by atoms with Gasteiger partial charge in [0.1, 0.15) is 6.17 Å². The van der Waals surface area contributed by atoms with Gasteiger partial charge in [-0.05, 0) is 50.3 Å². The lowest BCUT2D eigenvalue weighted by molar-refractivity contribution is 0.219. The van der Waals surface area contributed by atoms with Crippen molar-refractivity contribution in [1.82, 2.24) is 15.1 Å². The second-order valence-electron chi connectivity index (χ2n) is 6.63. The van der Waals surface area contributed by atoms with Gasteiger partial charge in [0.05, 0.1) is 11.4 Å². The Hall–Kier alpha value is -1.89. The Morgan fingerprint density at radius 3 is 2.32 bits per heavy atom. The van der Waals surface area contributed by atoms with Crippen LogP contribution in [0.2, 0.25) is 0 Å². The maximum Gasteiger partial charge on any atom is 0.194 e. The quantitative estimate of drug-likeness (QED) is 0.659. The lowest BCUT2D eigenvalue weighted by atomic mass is 9.94.